The van der Waals surface area contributed by atoms with Crippen LogP contribution in [0.4, 0.5) is 5.13 Å². The van der Waals surface area contributed by atoms with Gasteiger partial charge < -0.3 is 14.2 Å². The van der Waals surface area contributed by atoms with E-state index < -0.39 is 17.7 Å². The van der Waals surface area contributed by atoms with Crippen molar-refractivity contribution in [2.75, 3.05) is 11.5 Å². The first kappa shape index (κ1) is 27.7. The maximum Gasteiger partial charge on any atom is 0.301 e. The third-order valence-corrected chi connectivity index (χ3v) is 8.74. The molecule has 0 aliphatic carbocycles. The van der Waals surface area contributed by atoms with E-state index in [0.29, 0.717) is 34.4 Å². The number of aryl methyl sites for hydroxylation is 4. The van der Waals surface area contributed by atoms with Gasteiger partial charge in [0.1, 0.15) is 17.1 Å². The largest absolute Gasteiger partial charge is 0.505 e. The molecule has 1 atom stereocenters. The van der Waals surface area contributed by atoms with Crippen molar-refractivity contribution in [2.24, 2.45) is 0 Å². The number of hydrogen-bond acceptors (Lipinski definition) is 7. The van der Waals surface area contributed by atoms with Gasteiger partial charge in [0.05, 0.1) is 34.1 Å². The number of aliphatic hydroxyl groups excluding tert-OH is 1. The summed E-state index contributed by atoms with van der Waals surface area (Å²) < 4.78 is 8.65. The molecule has 1 aliphatic heterocycles. The number of amides is 1. The first-order valence-corrected chi connectivity index (χ1v) is 14.9. The number of rotatable bonds is 7. The van der Waals surface area contributed by atoms with Crippen molar-refractivity contribution in [3.8, 4) is 5.75 Å². The highest BCUT2D eigenvalue weighted by Gasteiger charge is 2.48. The Hall–Kier alpha value is -4.50. The minimum Gasteiger partial charge on any atom is -0.505 e. The first-order valence-electron chi connectivity index (χ1n) is 14.1. The molecule has 0 bridgehead atoms. The maximum atomic E-state index is 13.8. The number of unbranched alkanes of at least 4 members (excludes halogenated alkanes) is 1. The van der Waals surface area contributed by atoms with Gasteiger partial charge in [-0.15, -0.1) is 0 Å². The molecule has 0 saturated carbocycles. The number of pyridine rings is 1. The lowest BCUT2D eigenvalue weighted by molar-refractivity contribution is -0.132. The number of thiazole rings is 1. The second kappa shape index (κ2) is 10.7. The molecule has 42 heavy (non-hydrogen) atoms. The number of ketones is 1. The molecule has 1 fully saturated rings. The SMILES string of the molecule is CCCCOc1ccc(C2/C(=C(\O)c3nc4c(C)cccn4c3C)C(=O)C(=O)N2c2nc3c(C)cc(C)cc3s2)cc1. The van der Waals surface area contributed by atoms with Gasteiger partial charge >= 0.3 is 5.91 Å². The number of benzene rings is 2. The van der Waals surface area contributed by atoms with Crippen LogP contribution in [-0.4, -0.2) is 37.8 Å². The zero-order valence-electron chi connectivity index (χ0n) is 24.3. The summed E-state index contributed by atoms with van der Waals surface area (Å²) in [7, 11) is 0. The number of aliphatic hydroxyl groups is 1. The highest BCUT2D eigenvalue weighted by atomic mass is 32.1. The number of aromatic nitrogens is 3. The van der Waals surface area contributed by atoms with Crippen LogP contribution in [0.1, 0.15) is 59.4 Å². The Kier molecular flexibility index (Phi) is 7.06. The van der Waals surface area contributed by atoms with Crippen molar-refractivity contribution in [2.45, 2.75) is 53.5 Å². The lowest BCUT2D eigenvalue weighted by atomic mass is 9.96. The van der Waals surface area contributed by atoms with Gasteiger partial charge in [-0.1, -0.05) is 48.9 Å². The molecule has 1 amide bonds. The zero-order chi connectivity index (χ0) is 29.7. The predicted octanol–water partition coefficient (Wildman–Crippen LogP) is 6.98. The van der Waals surface area contributed by atoms with Crippen LogP contribution in [0.15, 0.2) is 60.3 Å². The van der Waals surface area contributed by atoms with Crippen LogP contribution in [0.3, 0.4) is 0 Å². The fourth-order valence-corrected chi connectivity index (χ4v) is 6.73. The number of carbonyl (C=O) groups excluding carboxylic acids is 2. The Morgan fingerprint density at radius 1 is 1.02 bits per heavy atom. The number of carbonyl (C=O) groups is 2. The predicted molar refractivity (Wildman–Crippen MR) is 165 cm³/mol. The molecular weight excluding hydrogens is 548 g/mol. The molecule has 5 aromatic rings. The third-order valence-electron chi connectivity index (χ3n) is 7.74. The van der Waals surface area contributed by atoms with Crippen LogP contribution in [0.2, 0.25) is 0 Å². The second-order valence-electron chi connectivity index (χ2n) is 10.8. The monoisotopic (exact) mass is 580 g/mol. The quantitative estimate of drug-likeness (QED) is 0.0965. The fourth-order valence-electron chi connectivity index (χ4n) is 5.56. The minimum atomic E-state index is -0.901. The van der Waals surface area contributed by atoms with Crippen LogP contribution in [-0.2, 0) is 9.59 Å². The summed E-state index contributed by atoms with van der Waals surface area (Å²) in [5, 5.41) is 12.2. The highest BCUT2D eigenvalue weighted by molar-refractivity contribution is 7.22. The molecule has 8 nitrogen and oxygen atoms in total. The fraction of sp³-hybridized carbons (Fsp3) is 0.273. The van der Waals surface area contributed by atoms with Crippen LogP contribution in [0.25, 0.3) is 21.6 Å². The molecule has 6 rings (SSSR count). The summed E-state index contributed by atoms with van der Waals surface area (Å²) in [5.74, 6) is -1.13. The van der Waals surface area contributed by atoms with Crippen LogP contribution < -0.4 is 9.64 Å². The van der Waals surface area contributed by atoms with E-state index in [1.807, 2.05) is 86.8 Å². The van der Waals surface area contributed by atoms with Gasteiger partial charge in [0.25, 0.3) is 5.78 Å². The van der Waals surface area contributed by atoms with E-state index in [4.69, 9.17) is 14.7 Å². The Bertz CT molecular complexity index is 1900. The first-order chi connectivity index (χ1) is 20.2. The molecule has 1 aliphatic rings. The molecule has 1 saturated heterocycles. The van der Waals surface area contributed by atoms with E-state index in [9.17, 15) is 14.7 Å². The molecule has 214 valence electrons. The van der Waals surface area contributed by atoms with Crippen LogP contribution in [0, 0.1) is 27.7 Å². The normalized spacial score (nSPS) is 16.7. The van der Waals surface area contributed by atoms with E-state index in [1.54, 1.807) is 0 Å². The summed E-state index contributed by atoms with van der Waals surface area (Å²) in [6.45, 7) is 10.5. The molecule has 0 spiro atoms. The van der Waals surface area contributed by atoms with Crippen molar-refractivity contribution in [1.82, 2.24) is 14.4 Å². The maximum absolute atomic E-state index is 13.8. The molecule has 1 unspecified atom stereocenters. The van der Waals surface area contributed by atoms with Crippen molar-refractivity contribution in [3.63, 3.8) is 0 Å². The van der Waals surface area contributed by atoms with Crippen molar-refractivity contribution in [1.29, 1.82) is 0 Å². The summed E-state index contributed by atoms with van der Waals surface area (Å²) in [6, 6.07) is 14.3. The number of fused-ring (bicyclic) bond motifs is 2. The Balaban J connectivity index is 1.54. The second-order valence-corrected chi connectivity index (χ2v) is 11.8. The molecule has 3 aromatic heterocycles. The minimum absolute atomic E-state index is 0.0176. The van der Waals surface area contributed by atoms with Crippen molar-refractivity contribution >= 4 is 49.8 Å². The summed E-state index contributed by atoms with van der Waals surface area (Å²) in [6.07, 6.45) is 3.83. The number of hydrogen-bond donors (Lipinski definition) is 1. The zero-order valence-corrected chi connectivity index (χ0v) is 25.1. The Morgan fingerprint density at radius 3 is 2.50 bits per heavy atom. The van der Waals surface area contributed by atoms with Crippen LogP contribution >= 0.6 is 11.3 Å². The van der Waals surface area contributed by atoms with E-state index in [1.165, 1.54) is 16.2 Å². The number of imidazole rings is 1. The van der Waals surface area contributed by atoms with Gasteiger partial charge in [0, 0.05) is 6.20 Å². The van der Waals surface area contributed by atoms with E-state index in [2.05, 4.69) is 6.92 Å². The lowest BCUT2D eigenvalue weighted by Crippen LogP contribution is -2.29. The van der Waals surface area contributed by atoms with E-state index in [0.717, 1.165) is 39.7 Å². The number of Topliss-reactive ketones (excluding diaryl/α,β-unsaturated/α-hetero) is 1. The number of nitrogens with zero attached hydrogens (tertiary/aromatic N) is 4. The molecule has 4 heterocycles. The van der Waals surface area contributed by atoms with E-state index in [-0.39, 0.29) is 17.0 Å². The van der Waals surface area contributed by atoms with Gasteiger partial charge in [-0.25, -0.2) is 9.97 Å². The van der Waals surface area contributed by atoms with Gasteiger partial charge in [-0.2, -0.15) is 0 Å². The molecular formula is C33H32N4O4S. The summed E-state index contributed by atoms with van der Waals surface area (Å²) >= 11 is 1.36. The van der Waals surface area contributed by atoms with Gasteiger partial charge in [-0.05, 0) is 80.6 Å². The lowest BCUT2D eigenvalue weighted by Gasteiger charge is -2.23. The van der Waals surface area contributed by atoms with Gasteiger partial charge in [0.2, 0.25) is 0 Å². The smallest absolute Gasteiger partial charge is 0.301 e. The van der Waals surface area contributed by atoms with E-state index >= 15 is 0 Å². The average Bonchev–Trinajstić information content (AvgIpc) is 3.62. The molecule has 1 N–H and O–H groups in total. The molecule has 0 radical (unpaired) electrons. The van der Waals surface area contributed by atoms with Crippen LogP contribution in [0.5, 0.6) is 5.75 Å². The molecule has 2 aromatic carbocycles. The topological polar surface area (TPSA) is 97.0 Å². The Morgan fingerprint density at radius 2 is 1.79 bits per heavy atom. The average molecular weight is 581 g/mol. The van der Waals surface area contributed by atoms with Crippen molar-refractivity contribution < 1.29 is 19.4 Å². The Labute approximate surface area is 247 Å². The standard InChI is InChI=1S/C33H32N4O4S/c1-6-7-15-41-23-12-10-22(11-13-23)28-25(29(38)27-21(5)36-14-8-9-19(3)31(36)34-27)30(39)32(40)37(28)33-35-26-20(4)16-18(2)17-24(26)42-33/h8-14,16-17,28,38H,6-7,15H2,1-5H3/b29-25+. The highest BCUT2D eigenvalue weighted by Crippen LogP contribution is 2.45. The van der Waals surface area contributed by atoms with Gasteiger partial charge in [-0.3, -0.25) is 14.5 Å². The number of ether oxygens (including phenoxy) is 1. The third kappa shape index (κ3) is 4.54. The summed E-state index contributed by atoms with van der Waals surface area (Å²) in [4.78, 5) is 38.5. The number of anilines is 1. The summed E-state index contributed by atoms with van der Waals surface area (Å²) in [5.41, 5.74) is 6.04. The van der Waals surface area contributed by atoms with Gasteiger partial charge in [0.15, 0.2) is 10.9 Å². The molecule has 9 heteroatoms. The van der Waals surface area contributed by atoms with Crippen molar-refractivity contribution in [3.05, 3.63) is 93.9 Å².